The Morgan fingerprint density at radius 2 is 1.38 bits per heavy atom. The van der Waals surface area contributed by atoms with Crippen LogP contribution in [-0.4, -0.2) is 27.6 Å². The standard InChI is InChI=1S/C17H17F7NO4S3/c1-3-5-7-9-10(8-6-4-2)30-15-11(18)13(20)16(14(21)12(15)19)31(26,27)25-32(28,29)17(22,23)24/h3-4,10H,1-2,5-9H2/q-1. The molecule has 0 heterocycles. The zero-order valence-corrected chi connectivity index (χ0v) is 18.6. The Labute approximate surface area is 184 Å². The molecule has 0 aromatic heterocycles. The quantitative estimate of drug-likeness (QED) is 0.110. The van der Waals surface area contributed by atoms with E-state index in [9.17, 15) is 47.6 Å². The van der Waals surface area contributed by atoms with Gasteiger partial charge in [0.25, 0.3) is 0 Å². The molecule has 0 fully saturated rings. The van der Waals surface area contributed by atoms with Crippen LogP contribution in [0.25, 0.3) is 4.13 Å². The number of rotatable bonds is 12. The molecule has 182 valence electrons. The summed E-state index contributed by atoms with van der Waals surface area (Å²) in [4.78, 5) is -3.83. The lowest BCUT2D eigenvalue weighted by Crippen LogP contribution is -2.25. The first-order valence-electron chi connectivity index (χ1n) is 8.65. The van der Waals surface area contributed by atoms with Gasteiger partial charge in [-0.3, -0.25) is 0 Å². The number of alkyl halides is 3. The second kappa shape index (κ2) is 11.0. The van der Waals surface area contributed by atoms with Gasteiger partial charge < -0.3 is 4.13 Å². The van der Waals surface area contributed by atoms with Crippen LogP contribution in [0.4, 0.5) is 30.7 Å². The topological polar surface area (TPSA) is 82.4 Å². The van der Waals surface area contributed by atoms with Crippen molar-refractivity contribution in [2.45, 2.75) is 52.7 Å². The number of allylic oxidation sites excluding steroid dienone is 2. The van der Waals surface area contributed by atoms with E-state index in [1.165, 1.54) is 10.2 Å². The monoisotopic (exact) mass is 528 g/mol. The van der Waals surface area contributed by atoms with Crippen molar-refractivity contribution in [3.05, 3.63) is 52.7 Å². The summed E-state index contributed by atoms with van der Waals surface area (Å²) in [6.07, 6.45) is 5.10. The van der Waals surface area contributed by atoms with Gasteiger partial charge in [0.15, 0.2) is 33.3 Å². The number of unbranched alkanes of at least 4 members (excludes halogenated alkanes) is 1. The van der Waals surface area contributed by atoms with Gasteiger partial charge in [-0.15, -0.1) is 24.9 Å². The average molecular weight is 529 g/mol. The molecule has 32 heavy (non-hydrogen) atoms. The summed E-state index contributed by atoms with van der Waals surface area (Å²) in [5.74, 6) is -9.61. The van der Waals surface area contributed by atoms with Gasteiger partial charge in [0, 0.05) is 5.25 Å². The van der Waals surface area contributed by atoms with Gasteiger partial charge in [-0.05, 0) is 32.1 Å². The maximum atomic E-state index is 14.5. The van der Waals surface area contributed by atoms with Crippen LogP contribution in [0.5, 0.6) is 0 Å². The molecular formula is C17H17F7NO4S3-. The Balaban J connectivity index is 3.47. The van der Waals surface area contributed by atoms with E-state index in [0.717, 1.165) is 0 Å². The van der Waals surface area contributed by atoms with Crippen molar-refractivity contribution >= 4 is 31.8 Å². The lowest BCUT2D eigenvalue weighted by molar-refractivity contribution is -0.0425. The molecule has 0 radical (unpaired) electrons. The van der Waals surface area contributed by atoms with Gasteiger partial charge in [-0.1, -0.05) is 12.2 Å². The summed E-state index contributed by atoms with van der Waals surface area (Å²) in [7, 11) is -13.1. The maximum absolute atomic E-state index is 14.5. The number of hydrogen-bond donors (Lipinski definition) is 0. The highest BCUT2D eigenvalue weighted by molar-refractivity contribution is 8.12. The van der Waals surface area contributed by atoms with E-state index in [2.05, 4.69) is 13.2 Å². The smallest absolute Gasteiger partial charge is 0.424 e. The zero-order valence-electron chi connectivity index (χ0n) is 16.1. The molecule has 1 unspecified atom stereocenters. The van der Waals surface area contributed by atoms with Crippen molar-refractivity contribution in [1.82, 2.24) is 0 Å². The molecule has 15 heteroatoms. The van der Waals surface area contributed by atoms with Crippen LogP contribution < -0.4 is 0 Å². The van der Waals surface area contributed by atoms with Gasteiger partial charge in [0.05, 0.1) is 4.90 Å². The Hall–Kier alpha value is -1.58. The van der Waals surface area contributed by atoms with E-state index in [-0.39, 0.29) is 6.42 Å². The number of halogens is 7. The highest BCUT2D eigenvalue weighted by atomic mass is 32.3. The van der Waals surface area contributed by atoms with Gasteiger partial charge >= 0.3 is 5.51 Å². The molecule has 0 aliphatic rings. The third kappa shape index (κ3) is 6.71. The minimum absolute atomic E-state index is 0.284. The normalized spacial score (nSPS) is 13.7. The van der Waals surface area contributed by atoms with E-state index < -0.39 is 63.9 Å². The number of hydrogen-bond acceptors (Lipinski definition) is 5. The van der Waals surface area contributed by atoms with Crippen LogP contribution in [0, 0.1) is 23.3 Å². The molecule has 0 bridgehead atoms. The molecule has 0 aliphatic heterocycles. The van der Waals surface area contributed by atoms with Gasteiger partial charge in [-0.25, -0.2) is 34.4 Å². The summed E-state index contributed by atoms with van der Waals surface area (Å²) in [5.41, 5.74) is -6.23. The van der Waals surface area contributed by atoms with Crippen LogP contribution in [0.1, 0.15) is 32.1 Å². The first kappa shape index (κ1) is 28.5. The summed E-state index contributed by atoms with van der Waals surface area (Å²) in [6.45, 7) is 6.99. The van der Waals surface area contributed by atoms with Crippen LogP contribution in [-0.2, 0) is 20.0 Å². The average Bonchev–Trinajstić information content (AvgIpc) is 2.65. The lowest BCUT2D eigenvalue weighted by Gasteiger charge is -2.23. The molecule has 0 amide bonds. The summed E-state index contributed by atoms with van der Waals surface area (Å²) >= 11 is 0.362. The second-order valence-corrected chi connectivity index (χ2v) is 10.9. The Morgan fingerprint density at radius 1 is 0.875 bits per heavy atom. The third-order valence-corrected chi connectivity index (χ3v) is 8.27. The van der Waals surface area contributed by atoms with Crippen molar-refractivity contribution in [1.29, 1.82) is 0 Å². The van der Waals surface area contributed by atoms with E-state index in [4.69, 9.17) is 0 Å². The fraction of sp³-hybridized carbons (Fsp3) is 0.412. The number of nitrogens with zero attached hydrogens (tertiary/aromatic N) is 1. The first-order valence-corrected chi connectivity index (χ1v) is 12.4. The molecule has 1 aromatic rings. The summed E-state index contributed by atoms with van der Waals surface area (Å²) in [5, 5.41) is -0.589. The van der Waals surface area contributed by atoms with Gasteiger partial charge in [0.2, 0.25) is 0 Å². The van der Waals surface area contributed by atoms with Gasteiger partial charge in [-0.2, -0.15) is 13.2 Å². The molecule has 0 spiro atoms. The molecular weight excluding hydrogens is 511 g/mol. The van der Waals surface area contributed by atoms with E-state index in [0.29, 0.717) is 37.4 Å². The van der Waals surface area contributed by atoms with Crippen LogP contribution >= 0.6 is 11.8 Å². The van der Waals surface area contributed by atoms with E-state index >= 15 is 0 Å². The van der Waals surface area contributed by atoms with Gasteiger partial charge in [0.1, 0.15) is 14.9 Å². The van der Waals surface area contributed by atoms with Crippen molar-refractivity contribution in [2.24, 2.45) is 0 Å². The predicted molar refractivity (Wildman–Crippen MR) is 105 cm³/mol. The van der Waals surface area contributed by atoms with Crippen molar-refractivity contribution in [3.63, 3.8) is 0 Å². The van der Waals surface area contributed by atoms with E-state index in [1.807, 2.05) is 0 Å². The maximum Gasteiger partial charge on any atom is 0.480 e. The zero-order chi connectivity index (χ0) is 24.9. The number of sulfonamides is 2. The van der Waals surface area contributed by atoms with Crippen LogP contribution in [0.15, 0.2) is 35.1 Å². The van der Waals surface area contributed by atoms with Crippen LogP contribution in [0.3, 0.4) is 0 Å². The molecule has 0 N–H and O–H groups in total. The molecule has 1 aromatic carbocycles. The van der Waals surface area contributed by atoms with Crippen LogP contribution in [0.2, 0.25) is 0 Å². The molecule has 5 nitrogen and oxygen atoms in total. The van der Waals surface area contributed by atoms with Crippen molar-refractivity contribution < 1.29 is 47.6 Å². The number of benzene rings is 1. The predicted octanol–water partition coefficient (Wildman–Crippen LogP) is 5.94. The minimum atomic E-state index is -6.78. The molecule has 0 aliphatic carbocycles. The SMILES string of the molecule is C=CCCCC(CCC=C)Sc1c(F)c(F)c(S(=O)(=O)[N-]S(=O)(=O)C(F)(F)F)c(F)c1F. The minimum Gasteiger partial charge on any atom is -0.424 e. The Bertz CT molecular complexity index is 1040. The Morgan fingerprint density at radius 3 is 1.81 bits per heavy atom. The fourth-order valence-corrected chi connectivity index (χ4v) is 5.91. The van der Waals surface area contributed by atoms with Crippen molar-refractivity contribution in [2.75, 3.05) is 0 Å². The second-order valence-electron chi connectivity index (χ2n) is 6.21. The third-order valence-electron chi connectivity index (χ3n) is 3.84. The van der Waals surface area contributed by atoms with E-state index in [1.54, 1.807) is 6.08 Å². The fourth-order valence-electron chi connectivity index (χ4n) is 2.35. The van der Waals surface area contributed by atoms with Crippen molar-refractivity contribution in [3.8, 4) is 0 Å². The first-order chi connectivity index (χ1) is 14.6. The lowest BCUT2D eigenvalue weighted by atomic mass is 10.1. The summed E-state index contributed by atoms with van der Waals surface area (Å²) < 4.78 is 142. The molecule has 0 saturated heterocycles. The molecule has 1 atom stereocenters. The Kier molecular flexibility index (Phi) is 9.81. The molecule has 0 saturated carbocycles. The largest absolute Gasteiger partial charge is 0.480 e. The number of thioether (sulfide) groups is 1. The highest BCUT2D eigenvalue weighted by Crippen LogP contribution is 2.40. The summed E-state index contributed by atoms with van der Waals surface area (Å²) in [6, 6.07) is 0. The highest BCUT2D eigenvalue weighted by Gasteiger charge is 2.42. The molecule has 1 rings (SSSR count).